The molecule has 0 bridgehead atoms. The van der Waals surface area contributed by atoms with Crippen molar-refractivity contribution in [2.45, 2.75) is 6.54 Å². The van der Waals surface area contributed by atoms with Crippen molar-refractivity contribution in [3.05, 3.63) is 51.4 Å². The third-order valence-corrected chi connectivity index (χ3v) is 1.44. The maximum Gasteiger partial charge on any atom is 0.280 e. The van der Waals surface area contributed by atoms with E-state index in [1.165, 1.54) is 6.07 Å². The van der Waals surface area contributed by atoms with Gasteiger partial charge >= 0.3 is 0 Å². The molecular weight excluding hydrogens is 156 g/mol. The van der Waals surface area contributed by atoms with Gasteiger partial charge in [0.05, 0.1) is 4.92 Å². The molecule has 0 fully saturated rings. The first-order valence-corrected chi connectivity index (χ1v) is 3.31. The van der Waals surface area contributed by atoms with Gasteiger partial charge in [-0.3, -0.25) is 10.1 Å². The van der Waals surface area contributed by atoms with Gasteiger partial charge in [-0.25, -0.2) is 6.57 Å². The molecule has 0 N–H and O–H groups in total. The Balaban J connectivity index is 3.10. The Bertz CT molecular complexity index is 341. The highest BCUT2D eigenvalue weighted by Gasteiger charge is 2.13. The van der Waals surface area contributed by atoms with Gasteiger partial charge in [-0.15, -0.1) is 0 Å². The summed E-state index contributed by atoms with van der Waals surface area (Å²) in [7, 11) is 0. The van der Waals surface area contributed by atoms with Crippen molar-refractivity contribution in [1.82, 2.24) is 0 Å². The zero-order valence-electron chi connectivity index (χ0n) is 6.23. The SMILES string of the molecule is [C-]#[N+]Cc1ccccc1[N+](=O)[O-]. The summed E-state index contributed by atoms with van der Waals surface area (Å²) < 4.78 is 0. The molecule has 0 unspecified atom stereocenters. The summed E-state index contributed by atoms with van der Waals surface area (Å²) >= 11 is 0. The van der Waals surface area contributed by atoms with E-state index in [2.05, 4.69) is 4.85 Å². The van der Waals surface area contributed by atoms with Crippen molar-refractivity contribution in [2.24, 2.45) is 0 Å². The third kappa shape index (κ3) is 1.58. The zero-order chi connectivity index (χ0) is 8.97. The number of hydrogen-bond donors (Lipinski definition) is 0. The molecular formula is C8H6N2O2. The molecule has 0 aliphatic carbocycles. The van der Waals surface area contributed by atoms with Gasteiger partial charge in [0.25, 0.3) is 5.69 Å². The third-order valence-electron chi connectivity index (χ3n) is 1.44. The molecule has 0 saturated heterocycles. The van der Waals surface area contributed by atoms with Crippen molar-refractivity contribution in [2.75, 3.05) is 0 Å². The highest BCUT2D eigenvalue weighted by Crippen LogP contribution is 2.17. The molecule has 0 atom stereocenters. The topological polar surface area (TPSA) is 47.5 Å². The molecule has 1 rings (SSSR count). The molecule has 60 valence electrons. The van der Waals surface area contributed by atoms with E-state index in [0.29, 0.717) is 5.56 Å². The molecule has 12 heavy (non-hydrogen) atoms. The van der Waals surface area contributed by atoms with Crippen LogP contribution >= 0.6 is 0 Å². The maximum absolute atomic E-state index is 10.4. The van der Waals surface area contributed by atoms with Crippen LogP contribution in [0.3, 0.4) is 0 Å². The van der Waals surface area contributed by atoms with Crippen molar-refractivity contribution in [3.63, 3.8) is 0 Å². The van der Waals surface area contributed by atoms with Crippen LogP contribution < -0.4 is 0 Å². The number of hydrogen-bond acceptors (Lipinski definition) is 2. The van der Waals surface area contributed by atoms with E-state index >= 15 is 0 Å². The number of rotatable bonds is 2. The largest absolute Gasteiger partial charge is 0.311 e. The van der Waals surface area contributed by atoms with Gasteiger partial charge in [-0.05, 0) is 6.07 Å². The summed E-state index contributed by atoms with van der Waals surface area (Å²) in [4.78, 5) is 13.0. The van der Waals surface area contributed by atoms with Gasteiger partial charge in [0.1, 0.15) is 5.56 Å². The predicted octanol–water partition coefficient (Wildman–Crippen LogP) is 2.01. The Morgan fingerprint density at radius 1 is 1.50 bits per heavy atom. The second-order valence-electron chi connectivity index (χ2n) is 2.20. The monoisotopic (exact) mass is 162 g/mol. The Morgan fingerprint density at radius 2 is 2.17 bits per heavy atom. The number of nitro groups is 1. The molecule has 4 nitrogen and oxygen atoms in total. The van der Waals surface area contributed by atoms with Crippen LogP contribution in [0.4, 0.5) is 5.69 Å². The average Bonchev–Trinajstić information content (AvgIpc) is 2.05. The summed E-state index contributed by atoms with van der Waals surface area (Å²) in [5, 5.41) is 10.4. The van der Waals surface area contributed by atoms with Crippen molar-refractivity contribution in [3.8, 4) is 0 Å². The molecule has 0 aliphatic heterocycles. The first-order chi connectivity index (χ1) is 5.75. The van der Waals surface area contributed by atoms with E-state index in [1.54, 1.807) is 18.2 Å². The van der Waals surface area contributed by atoms with E-state index in [4.69, 9.17) is 6.57 Å². The predicted molar refractivity (Wildman–Crippen MR) is 43.4 cm³/mol. The molecule has 1 aromatic rings. The van der Waals surface area contributed by atoms with E-state index in [0.717, 1.165) is 0 Å². The smallest absolute Gasteiger partial charge is 0.280 e. The second kappa shape index (κ2) is 3.49. The summed E-state index contributed by atoms with van der Waals surface area (Å²) in [6, 6.07) is 6.27. The zero-order valence-corrected chi connectivity index (χ0v) is 6.23. The molecule has 0 saturated carbocycles. The fourth-order valence-electron chi connectivity index (χ4n) is 0.908. The molecule has 0 aliphatic rings. The first kappa shape index (κ1) is 8.21. The lowest BCUT2D eigenvalue weighted by Gasteiger charge is -1.93. The molecule has 0 aromatic heterocycles. The van der Waals surface area contributed by atoms with Crippen molar-refractivity contribution < 1.29 is 4.92 Å². The van der Waals surface area contributed by atoms with Gasteiger partial charge in [-0.1, -0.05) is 12.1 Å². The van der Waals surface area contributed by atoms with Crippen LogP contribution in [0.15, 0.2) is 24.3 Å². The van der Waals surface area contributed by atoms with Crippen molar-refractivity contribution in [1.29, 1.82) is 0 Å². The second-order valence-corrected chi connectivity index (χ2v) is 2.20. The highest BCUT2D eigenvalue weighted by molar-refractivity contribution is 5.40. The fraction of sp³-hybridized carbons (Fsp3) is 0.125. The molecule has 1 aromatic carbocycles. The normalized spacial score (nSPS) is 8.92. The summed E-state index contributed by atoms with van der Waals surface area (Å²) in [5.74, 6) is 0. The van der Waals surface area contributed by atoms with Crippen molar-refractivity contribution >= 4 is 5.69 Å². The minimum absolute atomic E-state index is 0.0218. The number of nitro benzene ring substituents is 1. The lowest BCUT2D eigenvalue weighted by molar-refractivity contribution is -0.385. The van der Waals surface area contributed by atoms with Gasteiger partial charge < -0.3 is 4.85 Å². The number of para-hydroxylation sites is 1. The van der Waals surface area contributed by atoms with Gasteiger partial charge in [0.15, 0.2) is 0 Å². The molecule has 0 spiro atoms. The number of benzene rings is 1. The minimum Gasteiger partial charge on any atom is -0.311 e. The maximum atomic E-state index is 10.4. The van der Waals surface area contributed by atoms with Crippen LogP contribution in [-0.4, -0.2) is 4.92 Å². The van der Waals surface area contributed by atoms with Gasteiger partial charge in [0.2, 0.25) is 6.54 Å². The Labute approximate surface area is 69.4 Å². The van der Waals surface area contributed by atoms with E-state index in [9.17, 15) is 10.1 Å². The van der Waals surface area contributed by atoms with Crippen LogP contribution in [0.1, 0.15) is 5.56 Å². The lowest BCUT2D eigenvalue weighted by atomic mass is 10.2. The molecule has 4 heteroatoms. The molecule has 0 radical (unpaired) electrons. The standard InChI is InChI=1S/C8H6N2O2/c1-9-6-7-4-2-3-5-8(7)10(11)12/h2-5H,6H2. The molecule has 0 heterocycles. The van der Waals surface area contributed by atoms with Crippen LogP contribution in [0, 0.1) is 16.7 Å². The Morgan fingerprint density at radius 3 is 2.75 bits per heavy atom. The van der Waals surface area contributed by atoms with Crippen LogP contribution in [0.25, 0.3) is 4.85 Å². The van der Waals surface area contributed by atoms with Gasteiger partial charge in [-0.2, -0.15) is 0 Å². The highest BCUT2D eigenvalue weighted by atomic mass is 16.6. The van der Waals surface area contributed by atoms with E-state index < -0.39 is 4.92 Å². The quantitative estimate of drug-likeness (QED) is 0.379. The number of nitrogens with zero attached hydrogens (tertiary/aromatic N) is 2. The fourth-order valence-corrected chi connectivity index (χ4v) is 0.908. The van der Waals surface area contributed by atoms with Crippen LogP contribution in [0.2, 0.25) is 0 Å². The average molecular weight is 162 g/mol. The van der Waals surface area contributed by atoms with Crippen LogP contribution in [-0.2, 0) is 6.54 Å². The van der Waals surface area contributed by atoms with Crippen LogP contribution in [0.5, 0.6) is 0 Å². The minimum atomic E-state index is -0.472. The van der Waals surface area contributed by atoms with Gasteiger partial charge in [0, 0.05) is 6.07 Å². The Kier molecular flexibility index (Phi) is 2.38. The van der Waals surface area contributed by atoms with E-state index in [1.807, 2.05) is 0 Å². The summed E-state index contributed by atoms with van der Waals surface area (Å²) in [5.41, 5.74) is 0.492. The molecule has 0 amide bonds. The first-order valence-electron chi connectivity index (χ1n) is 3.31. The lowest BCUT2D eigenvalue weighted by Crippen LogP contribution is -1.92. The summed E-state index contributed by atoms with van der Waals surface area (Å²) in [6.45, 7) is 6.65. The van der Waals surface area contributed by atoms with E-state index in [-0.39, 0.29) is 12.2 Å². The summed E-state index contributed by atoms with van der Waals surface area (Å²) in [6.07, 6.45) is 0. The Hall–Kier alpha value is -1.89.